The molecule has 0 saturated carbocycles. The topological polar surface area (TPSA) is 12.4 Å². The van der Waals surface area contributed by atoms with Gasteiger partial charge < -0.3 is 0 Å². The third-order valence-electron chi connectivity index (χ3n) is 0.467. The molecule has 0 rings (SSSR count). The van der Waals surface area contributed by atoms with Gasteiger partial charge >= 0.3 is 0 Å². The minimum absolute atomic E-state index is 2.24. The lowest BCUT2D eigenvalue weighted by Gasteiger charge is -1.64. The molecule has 0 atom stereocenters. The second-order valence-electron chi connectivity index (χ2n) is 1.06. The highest BCUT2D eigenvalue weighted by atomic mass is 14.6. The molecule has 0 bridgehead atoms. The molecule has 0 unspecified atom stereocenters. The zero-order valence-corrected chi connectivity index (χ0v) is 5.36. The fraction of sp³-hybridized carbons (Fsp3) is 0. The highest BCUT2D eigenvalue weighted by molar-refractivity contribution is 5.49. The summed E-state index contributed by atoms with van der Waals surface area (Å²) in [5.41, 5.74) is 0. The van der Waals surface area contributed by atoms with Gasteiger partial charge in [0.2, 0.25) is 0 Å². The second-order valence-corrected chi connectivity index (χ2v) is 1.06. The van der Waals surface area contributed by atoms with Crippen LogP contribution in [0.3, 0.4) is 0 Å². The summed E-state index contributed by atoms with van der Waals surface area (Å²) in [6.07, 6.45) is 0. The van der Waals surface area contributed by atoms with Crippen molar-refractivity contribution in [2.45, 2.75) is 0 Å². The van der Waals surface area contributed by atoms with Gasteiger partial charge in [-0.2, -0.15) is 11.9 Å². The van der Waals surface area contributed by atoms with Gasteiger partial charge in [-0.1, -0.05) is 0 Å². The smallest absolute Gasteiger partial charge is 0.0583 e. The predicted octanol–water partition coefficient (Wildman–Crippen LogP) is 0.644. The number of hydrogen-bond acceptors (Lipinski definition) is 1. The van der Waals surface area contributed by atoms with E-state index < -0.39 is 0 Å². The monoisotopic (exact) mass is 126 g/mol. The van der Waals surface area contributed by atoms with Gasteiger partial charge in [-0.3, -0.25) is 5.92 Å². The van der Waals surface area contributed by atoms with Crippen LogP contribution in [0.15, 0.2) is 11.6 Å². The van der Waals surface area contributed by atoms with E-state index in [0.29, 0.717) is 0 Å². The van der Waals surface area contributed by atoms with Crippen LogP contribution < -0.4 is 0 Å². The summed E-state index contributed by atoms with van der Waals surface area (Å²) in [6.45, 7) is 6.48. The standard InChI is InChI=1S/C9H4N/c1-3-5-6-7-8-9-10-4-2/h1-2H2/q-1. The van der Waals surface area contributed by atoms with E-state index >= 15 is 0 Å². The Morgan fingerprint density at radius 3 is 2.40 bits per heavy atom. The first kappa shape index (κ1) is 8.00. The van der Waals surface area contributed by atoms with E-state index in [2.05, 4.69) is 60.0 Å². The van der Waals surface area contributed by atoms with Crippen molar-refractivity contribution in [1.82, 2.24) is 0 Å². The molecule has 0 radical (unpaired) electrons. The highest BCUT2D eigenvalue weighted by Crippen LogP contribution is 1.55. The van der Waals surface area contributed by atoms with Crippen LogP contribution in [-0.2, 0) is 0 Å². The molecule has 1 heteroatoms. The molecule has 0 heterocycles. The number of nitrogens with zero attached hydrogens (tertiary/aromatic N) is 1. The molecule has 0 amide bonds. The predicted molar refractivity (Wildman–Crippen MR) is 41.7 cm³/mol. The van der Waals surface area contributed by atoms with E-state index in [1.807, 2.05) is 0 Å². The Balaban J connectivity index is 3.98. The fourth-order valence-corrected chi connectivity index (χ4v) is 0.202. The number of hydrogen-bond donors (Lipinski definition) is 0. The van der Waals surface area contributed by atoms with Crippen LogP contribution in [-0.4, -0.2) is 5.87 Å². The zero-order chi connectivity index (χ0) is 7.66. The van der Waals surface area contributed by atoms with Gasteiger partial charge in [0.15, 0.2) is 0 Å². The highest BCUT2D eigenvalue weighted by Gasteiger charge is 1.48. The summed E-state index contributed by atoms with van der Waals surface area (Å²) < 4.78 is 0. The van der Waals surface area contributed by atoms with Crippen molar-refractivity contribution in [3.05, 3.63) is 13.5 Å². The van der Waals surface area contributed by atoms with E-state index in [9.17, 15) is 0 Å². The van der Waals surface area contributed by atoms with Crippen LogP contribution in [0.5, 0.6) is 0 Å². The number of rotatable bonds is 0. The molecule has 0 aliphatic heterocycles. The Hall–Kier alpha value is -2.00. The van der Waals surface area contributed by atoms with Crippen molar-refractivity contribution >= 4 is 5.87 Å². The molecule has 0 aromatic heterocycles. The number of aliphatic imine (C=N–C) groups is 1. The third-order valence-corrected chi connectivity index (χ3v) is 0.467. The van der Waals surface area contributed by atoms with Crippen molar-refractivity contribution in [2.24, 2.45) is 4.99 Å². The van der Waals surface area contributed by atoms with Gasteiger partial charge in [-0.15, -0.1) is 5.92 Å². The minimum Gasteiger partial charge on any atom is -0.284 e. The van der Waals surface area contributed by atoms with Crippen molar-refractivity contribution in [3.63, 3.8) is 0 Å². The first-order chi connectivity index (χ1) is 4.91. The van der Waals surface area contributed by atoms with E-state index in [1.165, 1.54) is 0 Å². The van der Waals surface area contributed by atoms with Crippen LogP contribution in [0.1, 0.15) is 0 Å². The van der Waals surface area contributed by atoms with Gasteiger partial charge in [0, 0.05) is 5.92 Å². The van der Waals surface area contributed by atoms with Crippen LogP contribution >= 0.6 is 0 Å². The Bertz CT molecular complexity index is 311. The third kappa shape index (κ3) is 6.00. The summed E-state index contributed by atoms with van der Waals surface area (Å²) in [6, 6.07) is 2.33. The summed E-state index contributed by atoms with van der Waals surface area (Å²) in [5, 5.41) is 0. The second kappa shape index (κ2) is 7.00. The molecular formula is C9H4N-. The lowest BCUT2D eigenvalue weighted by molar-refractivity contribution is 1.74. The molecule has 0 aromatic rings. The quantitative estimate of drug-likeness (QED) is 0.256. The molecule has 0 spiro atoms. The lowest BCUT2D eigenvalue weighted by Crippen LogP contribution is -1.51. The zero-order valence-electron chi connectivity index (χ0n) is 5.36. The van der Waals surface area contributed by atoms with Crippen LogP contribution in [0.25, 0.3) is 0 Å². The minimum atomic E-state index is 2.24. The summed E-state index contributed by atoms with van der Waals surface area (Å²) >= 11 is 0. The Kier molecular flexibility index (Phi) is 5.60. The molecule has 0 aromatic carbocycles. The van der Waals surface area contributed by atoms with Gasteiger partial charge in [-0.05, 0) is 18.4 Å². The fourth-order valence-electron chi connectivity index (χ4n) is 0.202. The first-order valence-corrected chi connectivity index (χ1v) is 2.40. The summed E-state index contributed by atoms with van der Waals surface area (Å²) in [5.74, 6) is 14.3. The van der Waals surface area contributed by atoms with Crippen LogP contribution in [0, 0.1) is 42.6 Å². The van der Waals surface area contributed by atoms with Crippen molar-refractivity contribution < 1.29 is 0 Å². The maximum absolute atomic E-state index is 3.38. The van der Waals surface area contributed by atoms with Crippen LogP contribution in [0.4, 0.5) is 0 Å². The lowest BCUT2D eigenvalue weighted by atomic mass is 10.5. The molecule has 0 N–H and O–H groups in total. The molecular weight excluding hydrogens is 122 g/mol. The van der Waals surface area contributed by atoms with Crippen molar-refractivity contribution in [2.75, 3.05) is 0 Å². The van der Waals surface area contributed by atoms with Gasteiger partial charge in [-0.25, -0.2) is 5.92 Å². The van der Waals surface area contributed by atoms with Crippen molar-refractivity contribution in [1.29, 1.82) is 0 Å². The van der Waals surface area contributed by atoms with E-state index in [-0.39, 0.29) is 0 Å². The first-order valence-electron chi connectivity index (χ1n) is 2.40. The summed E-state index contributed by atoms with van der Waals surface area (Å²) in [7, 11) is 0. The molecule has 0 aliphatic rings. The van der Waals surface area contributed by atoms with Crippen LogP contribution in [0.2, 0.25) is 0 Å². The Labute approximate surface area is 60.9 Å². The maximum Gasteiger partial charge on any atom is 0.0583 e. The van der Waals surface area contributed by atoms with Gasteiger partial charge in [0.05, 0.1) is 6.04 Å². The van der Waals surface area contributed by atoms with E-state index in [1.54, 1.807) is 0 Å². The van der Waals surface area contributed by atoms with E-state index in [4.69, 9.17) is 0 Å². The summed E-state index contributed by atoms with van der Waals surface area (Å²) in [4.78, 5) is 3.38. The average Bonchev–Trinajstić information content (AvgIpc) is 1.97. The average molecular weight is 126 g/mol. The Morgan fingerprint density at radius 1 is 1.10 bits per heavy atom. The molecule has 0 saturated heterocycles. The normalized spacial score (nSPS) is 4.00. The van der Waals surface area contributed by atoms with Gasteiger partial charge in [0.1, 0.15) is 0 Å². The molecule has 46 valence electrons. The van der Waals surface area contributed by atoms with Crippen molar-refractivity contribution in [3.8, 4) is 35.6 Å². The largest absolute Gasteiger partial charge is 0.284 e. The van der Waals surface area contributed by atoms with E-state index in [0.717, 1.165) is 0 Å². The maximum atomic E-state index is 3.38. The molecule has 10 heavy (non-hydrogen) atoms. The molecule has 0 fully saturated rings. The molecule has 1 nitrogen and oxygen atoms in total. The SMILES string of the molecule is C=C=NC#CC#CC#C[CH2-]. The Morgan fingerprint density at radius 2 is 1.80 bits per heavy atom. The molecule has 0 aliphatic carbocycles. The van der Waals surface area contributed by atoms with Gasteiger partial charge in [0.25, 0.3) is 0 Å².